The molecule has 2 aliphatic rings. The van der Waals surface area contributed by atoms with E-state index < -0.39 is 0 Å². The van der Waals surface area contributed by atoms with Crippen molar-refractivity contribution in [3.05, 3.63) is 65.0 Å². The first-order valence-corrected chi connectivity index (χ1v) is 10.0. The molecule has 0 unspecified atom stereocenters. The van der Waals surface area contributed by atoms with E-state index in [4.69, 9.17) is 0 Å². The molecule has 0 atom stereocenters. The van der Waals surface area contributed by atoms with Gasteiger partial charge in [0.25, 0.3) is 0 Å². The molecule has 1 saturated heterocycles. The topological polar surface area (TPSA) is 49.4 Å². The van der Waals surface area contributed by atoms with Crippen LogP contribution in [0.25, 0.3) is 0 Å². The summed E-state index contributed by atoms with van der Waals surface area (Å²) in [6, 6.07) is 12.8. The summed E-state index contributed by atoms with van der Waals surface area (Å²) in [5.41, 5.74) is 4.29. The molecule has 0 aromatic heterocycles. The molecule has 146 valence electrons. The molecular formula is C23H25FN2O2. The molecule has 2 aromatic carbocycles. The highest BCUT2D eigenvalue weighted by molar-refractivity contribution is 5.94. The van der Waals surface area contributed by atoms with Crippen LogP contribution < -0.4 is 5.32 Å². The Kier molecular flexibility index (Phi) is 5.42. The van der Waals surface area contributed by atoms with Crippen LogP contribution in [0.1, 0.15) is 48.3 Å². The van der Waals surface area contributed by atoms with Gasteiger partial charge in [-0.15, -0.1) is 0 Å². The molecule has 28 heavy (non-hydrogen) atoms. The monoisotopic (exact) mass is 380 g/mol. The Balaban J connectivity index is 1.29. The molecule has 2 heterocycles. The van der Waals surface area contributed by atoms with Gasteiger partial charge in [-0.3, -0.25) is 9.59 Å². The van der Waals surface area contributed by atoms with Gasteiger partial charge in [0.15, 0.2) is 0 Å². The molecule has 4 rings (SSSR count). The molecule has 5 heteroatoms. The van der Waals surface area contributed by atoms with Crippen molar-refractivity contribution in [1.29, 1.82) is 0 Å². The fraction of sp³-hybridized carbons (Fsp3) is 0.391. The first-order chi connectivity index (χ1) is 13.6. The average Bonchev–Trinajstić information content (AvgIpc) is 2.72. The first kappa shape index (κ1) is 18.7. The molecule has 2 amide bonds. The number of aryl methyl sites for hydroxylation is 2. The smallest absolute Gasteiger partial charge is 0.224 e. The molecule has 2 aliphatic heterocycles. The number of piperidine rings is 1. The third-order valence-electron chi connectivity index (χ3n) is 5.89. The highest BCUT2D eigenvalue weighted by Crippen LogP contribution is 2.29. The number of likely N-dealkylation sites (tertiary alicyclic amines) is 1. The highest BCUT2D eigenvalue weighted by Gasteiger charge is 2.23. The number of amides is 2. The Hall–Kier alpha value is -2.69. The zero-order valence-electron chi connectivity index (χ0n) is 15.9. The van der Waals surface area contributed by atoms with Crippen LogP contribution in [0, 0.1) is 5.82 Å². The molecule has 0 radical (unpaired) electrons. The van der Waals surface area contributed by atoms with Crippen LogP contribution >= 0.6 is 0 Å². The van der Waals surface area contributed by atoms with E-state index >= 15 is 0 Å². The van der Waals surface area contributed by atoms with Crippen LogP contribution in [0.3, 0.4) is 0 Å². The lowest BCUT2D eigenvalue weighted by Crippen LogP contribution is -2.38. The van der Waals surface area contributed by atoms with Gasteiger partial charge in [-0.1, -0.05) is 24.3 Å². The van der Waals surface area contributed by atoms with E-state index in [0.29, 0.717) is 25.2 Å². The lowest BCUT2D eigenvalue weighted by molar-refractivity contribution is -0.132. The third-order valence-corrected chi connectivity index (χ3v) is 5.89. The van der Waals surface area contributed by atoms with Crippen LogP contribution in [0.15, 0.2) is 42.5 Å². The van der Waals surface area contributed by atoms with Gasteiger partial charge in [-0.25, -0.2) is 4.39 Å². The van der Waals surface area contributed by atoms with Gasteiger partial charge in [0, 0.05) is 31.6 Å². The number of carbonyl (C=O) groups is 2. The molecule has 2 aromatic rings. The summed E-state index contributed by atoms with van der Waals surface area (Å²) in [5.74, 6) is 0.427. The van der Waals surface area contributed by atoms with Gasteiger partial charge in [0.2, 0.25) is 11.8 Å². The summed E-state index contributed by atoms with van der Waals surface area (Å²) < 4.78 is 13.1. The molecule has 1 N–H and O–H groups in total. The Bertz CT molecular complexity index is 871. The van der Waals surface area contributed by atoms with Crippen molar-refractivity contribution in [2.75, 3.05) is 18.4 Å². The predicted molar refractivity (Wildman–Crippen MR) is 107 cm³/mol. The zero-order valence-corrected chi connectivity index (χ0v) is 15.9. The van der Waals surface area contributed by atoms with Crippen molar-refractivity contribution in [3.63, 3.8) is 0 Å². The standard InChI is InChI=1S/C23H25FN2O2/c24-20-7-4-17(5-8-20)18-11-13-26(14-12-18)23(28)10-2-16-1-3-19-6-9-22(27)25-21(19)15-16/h1,3-5,7-8,15,18H,2,6,9-14H2,(H,25,27). The highest BCUT2D eigenvalue weighted by atomic mass is 19.1. The van der Waals surface area contributed by atoms with Crippen molar-refractivity contribution < 1.29 is 14.0 Å². The molecule has 1 fully saturated rings. The summed E-state index contributed by atoms with van der Waals surface area (Å²) in [7, 11) is 0. The van der Waals surface area contributed by atoms with Gasteiger partial charge in [0.1, 0.15) is 5.82 Å². The Morgan fingerprint density at radius 2 is 1.82 bits per heavy atom. The molecule has 0 spiro atoms. The minimum Gasteiger partial charge on any atom is -0.343 e. The number of rotatable bonds is 4. The maximum atomic E-state index is 13.1. The number of carbonyl (C=O) groups excluding carboxylic acids is 2. The summed E-state index contributed by atoms with van der Waals surface area (Å²) in [6.07, 6.45) is 4.32. The van der Waals surface area contributed by atoms with Crippen molar-refractivity contribution in [2.45, 2.75) is 44.4 Å². The van der Waals surface area contributed by atoms with E-state index in [0.717, 1.165) is 54.7 Å². The number of fused-ring (bicyclic) bond motifs is 1. The largest absolute Gasteiger partial charge is 0.343 e. The zero-order chi connectivity index (χ0) is 19.5. The number of hydrogen-bond acceptors (Lipinski definition) is 2. The number of nitrogens with one attached hydrogen (secondary N) is 1. The van der Waals surface area contributed by atoms with Crippen molar-refractivity contribution in [1.82, 2.24) is 4.90 Å². The fourth-order valence-electron chi connectivity index (χ4n) is 4.18. The second-order valence-electron chi connectivity index (χ2n) is 7.75. The quantitative estimate of drug-likeness (QED) is 0.870. The SMILES string of the molecule is O=C1CCc2ccc(CCC(=O)N3CCC(c4ccc(F)cc4)CC3)cc2N1. The molecule has 0 bridgehead atoms. The van der Waals surface area contributed by atoms with Crippen LogP contribution in [0.4, 0.5) is 10.1 Å². The number of anilines is 1. The van der Waals surface area contributed by atoms with E-state index in [1.165, 1.54) is 12.1 Å². The summed E-state index contributed by atoms with van der Waals surface area (Å²) in [5, 5.41) is 2.92. The van der Waals surface area contributed by atoms with Crippen molar-refractivity contribution in [2.24, 2.45) is 0 Å². The maximum Gasteiger partial charge on any atom is 0.224 e. The normalized spacial score (nSPS) is 17.2. The first-order valence-electron chi connectivity index (χ1n) is 10.0. The lowest BCUT2D eigenvalue weighted by Gasteiger charge is -2.32. The number of benzene rings is 2. The number of nitrogens with zero attached hydrogens (tertiary/aromatic N) is 1. The molecular weight excluding hydrogens is 355 g/mol. The van der Waals surface area contributed by atoms with Crippen molar-refractivity contribution >= 4 is 17.5 Å². The Labute approximate surface area is 164 Å². The number of hydrogen-bond donors (Lipinski definition) is 1. The van der Waals surface area contributed by atoms with E-state index in [2.05, 4.69) is 17.4 Å². The van der Waals surface area contributed by atoms with Crippen LogP contribution in [0.2, 0.25) is 0 Å². The second-order valence-corrected chi connectivity index (χ2v) is 7.75. The van der Waals surface area contributed by atoms with Gasteiger partial charge >= 0.3 is 0 Å². The van der Waals surface area contributed by atoms with Gasteiger partial charge in [-0.2, -0.15) is 0 Å². The summed E-state index contributed by atoms with van der Waals surface area (Å²) in [6.45, 7) is 1.50. The van der Waals surface area contributed by atoms with Crippen LogP contribution in [-0.4, -0.2) is 29.8 Å². The Morgan fingerprint density at radius 1 is 1.07 bits per heavy atom. The summed E-state index contributed by atoms with van der Waals surface area (Å²) >= 11 is 0. The Morgan fingerprint density at radius 3 is 2.57 bits per heavy atom. The fourth-order valence-corrected chi connectivity index (χ4v) is 4.18. The van der Waals surface area contributed by atoms with E-state index in [1.54, 1.807) is 0 Å². The van der Waals surface area contributed by atoms with Crippen molar-refractivity contribution in [3.8, 4) is 0 Å². The second kappa shape index (κ2) is 8.13. The minimum absolute atomic E-state index is 0.0600. The van der Waals surface area contributed by atoms with Crippen LogP contribution in [-0.2, 0) is 22.4 Å². The predicted octanol–water partition coefficient (Wildman–Crippen LogP) is 4.05. The minimum atomic E-state index is -0.210. The molecule has 4 nitrogen and oxygen atoms in total. The van der Waals surface area contributed by atoms with Gasteiger partial charge in [0.05, 0.1) is 0 Å². The van der Waals surface area contributed by atoms with Gasteiger partial charge < -0.3 is 10.2 Å². The van der Waals surface area contributed by atoms with E-state index in [9.17, 15) is 14.0 Å². The summed E-state index contributed by atoms with van der Waals surface area (Å²) in [4.78, 5) is 26.1. The molecule has 0 aliphatic carbocycles. The van der Waals surface area contributed by atoms with E-state index in [1.807, 2.05) is 23.1 Å². The third kappa shape index (κ3) is 4.24. The lowest BCUT2D eigenvalue weighted by atomic mass is 9.89. The maximum absolute atomic E-state index is 13.1. The number of halogens is 1. The van der Waals surface area contributed by atoms with Crippen LogP contribution in [0.5, 0.6) is 0 Å². The van der Waals surface area contributed by atoms with E-state index in [-0.39, 0.29) is 17.6 Å². The van der Waals surface area contributed by atoms with Gasteiger partial charge in [-0.05, 0) is 66.5 Å². The molecule has 0 saturated carbocycles. The average molecular weight is 380 g/mol.